The van der Waals surface area contributed by atoms with Gasteiger partial charge in [0.25, 0.3) is 0 Å². The number of aryl methyl sites for hydroxylation is 1. The highest BCUT2D eigenvalue weighted by atomic mass is 19.4. The van der Waals surface area contributed by atoms with Crippen molar-refractivity contribution in [1.29, 1.82) is 0 Å². The van der Waals surface area contributed by atoms with Crippen LogP contribution in [0.5, 0.6) is 17.5 Å². The van der Waals surface area contributed by atoms with Crippen LogP contribution < -0.4 is 24.0 Å². The number of nitrogens with zero attached hydrogens (tertiary/aromatic N) is 5. The van der Waals surface area contributed by atoms with E-state index in [9.17, 15) is 23.3 Å². The monoisotopic (exact) mass is 547 g/mol. The summed E-state index contributed by atoms with van der Waals surface area (Å²) in [5, 5.41) is 10.9. The molecule has 208 valence electrons. The molecule has 2 aromatic carbocycles. The highest BCUT2D eigenvalue weighted by Crippen LogP contribution is 2.30. The Balaban J connectivity index is 1.08. The average molecular weight is 548 g/mol. The number of fused-ring (bicyclic) bond motifs is 1. The maximum absolute atomic E-state index is 12.4. The van der Waals surface area contributed by atoms with Crippen LogP contribution in [0.25, 0.3) is 0 Å². The molecule has 2 aliphatic rings. The zero-order valence-corrected chi connectivity index (χ0v) is 21.2. The average Bonchev–Trinajstić information content (AvgIpc) is 3.36. The first-order valence-corrected chi connectivity index (χ1v) is 12.6. The first kappa shape index (κ1) is 26.4. The van der Waals surface area contributed by atoms with Crippen molar-refractivity contribution in [3.63, 3.8) is 0 Å². The van der Waals surface area contributed by atoms with E-state index in [-0.39, 0.29) is 29.7 Å². The number of rotatable bonds is 8. The Morgan fingerprint density at radius 1 is 1.05 bits per heavy atom. The largest absolute Gasteiger partial charge is 0.573 e. The quantitative estimate of drug-likeness (QED) is 0.287. The summed E-state index contributed by atoms with van der Waals surface area (Å²) in [7, 11) is 1.96. The number of halogens is 3. The molecule has 0 amide bonds. The summed E-state index contributed by atoms with van der Waals surface area (Å²) >= 11 is 0. The van der Waals surface area contributed by atoms with Crippen LogP contribution in [0.3, 0.4) is 0 Å². The lowest BCUT2D eigenvalue weighted by Crippen LogP contribution is -2.43. The van der Waals surface area contributed by atoms with Gasteiger partial charge in [0.15, 0.2) is 0 Å². The zero-order chi connectivity index (χ0) is 27.6. The van der Waals surface area contributed by atoms with Crippen molar-refractivity contribution in [2.24, 2.45) is 0 Å². The molecule has 0 bridgehead atoms. The fraction of sp³-hybridized carbons (Fsp3) is 0.423. The van der Waals surface area contributed by atoms with Crippen LogP contribution in [-0.2, 0) is 6.54 Å². The molecule has 3 heterocycles. The molecule has 5 rings (SSSR count). The highest BCUT2D eigenvalue weighted by molar-refractivity contribution is 5.52. The molecular formula is C26H28F3N5O5. The van der Waals surface area contributed by atoms with Crippen LogP contribution in [0.2, 0.25) is 0 Å². The van der Waals surface area contributed by atoms with Gasteiger partial charge in [-0.15, -0.1) is 13.2 Å². The maximum Gasteiger partial charge on any atom is 0.573 e. The van der Waals surface area contributed by atoms with E-state index in [4.69, 9.17) is 9.47 Å². The lowest BCUT2D eigenvalue weighted by molar-refractivity contribution is -0.389. The molecule has 39 heavy (non-hydrogen) atoms. The van der Waals surface area contributed by atoms with Crippen LogP contribution in [0.4, 0.5) is 30.4 Å². The minimum Gasteiger partial charge on any atom is -0.490 e. The molecule has 1 aromatic heterocycles. The van der Waals surface area contributed by atoms with Gasteiger partial charge in [-0.3, -0.25) is 4.57 Å². The van der Waals surface area contributed by atoms with Crippen LogP contribution in [0.1, 0.15) is 19.3 Å². The van der Waals surface area contributed by atoms with E-state index in [1.807, 2.05) is 31.3 Å². The smallest absolute Gasteiger partial charge is 0.490 e. The Kier molecular flexibility index (Phi) is 7.40. The molecule has 0 aliphatic carbocycles. The molecule has 2 aliphatic heterocycles. The lowest BCUT2D eigenvalue weighted by Gasteiger charge is -2.39. The van der Waals surface area contributed by atoms with E-state index in [0.29, 0.717) is 25.3 Å². The van der Waals surface area contributed by atoms with Crippen molar-refractivity contribution in [2.45, 2.75) is 44.3 Å². The maximum atomic E-state index is 12.4. The third-order valence-electron chi connectivity index (χ3n) is 7.01. The number of benzene rings is 2. The molecule has 3 aromatic rings. The Bertz CT molecular complexity index is 1270. The van der Waals surface area contributed by atoms with Crippen molar-refractivity contribution in [2.75, 3.05) is 36.5 Å². The van der Waals surface area contributed by atoms with Gasteiger partial charge in [-0.25, -0.2) is 0 Å². The zero-order valence-electron chi connectivity index (χ0n) is 21.2. The van der Waals surface area contributed by atoms with Crippen LogP contribution in [0.15, 0.2) is 54.7 Å². The summed E-state index contributed by atoms with van der Waals surface area (Å²) in [4.78, 5) is 18.7. The first-order valence-electron chi connectivity index (χ1n) is 12.6. The fourth-order valence-corrected chi connectivity index (χ4v) is 4.88. The molecular weight excluding hydrogens is 519 g/mol. The van der Waals surface area contributed by atoms with Gasteiger partial charge < -0.3 is 34.1 Å². The normalized spacial score (nSPS) is 17.7. The summed E-state index contributed by atoms with van der Waals surface area (Å²) in [6.07, 6.45) is -1.10. The molecule has 0 spiro atoms. The minimum absolute atomic E-state index is 0.230. The van der Waals surface area contributed by atoms with Crippen LogP contribution >= 0.6 is 0 Å². The third-order valence-corrected chi connectivity index (χ3v) is 7.01. The fourth-order valence-electron chi connectivity index (χ4n) is 4.88. The summed E-state index contributed by atoms with van der Waals surface area (Å²) in [5.41, 5.74) is 1.92. The van der Waals surface area contributed by atoms with Crippen molar-refractivity contribution in [3.05, 3.63) is 64.8 Å². The van der Waals surface area contributed by atoms with Gasteiger partial charge in [-0.2, -0.15) is 0 Å². The summed E-state index contributed by atoms with van der Waals surface area (Å²) in [6.45, 7) is 2.57. The number of alkyl halides is 3. The molecule has 1 atom stereocenters. The number of hydrogen-bond acceptors (Lipinski definition) is 8. The van der Waals surface area contributed by atoms with Crippen LogP contribution in [-0.4, -0.2) is 59.7 Å². The minimum atomic E-state index is -4.70. The van der Waals surface area contributed by atoms with E-state index in [1.165, 1.54) is 18.3 Å². The van der Waals surface area contributed by atoms with E-state index >= 15 is 0 Å². The third kappa shape index (κ3) is 6.47. The number of anilines is 2. The van der Waals surface area contributed by atoms with Crippen molar-refractivity contribution >= 4 is 17.2 Å². The second-order valence-corrected chi connectivity index (χ2v) is 9.54. The molecule has 1 unspecified atom stereocenters. The van der Waals surface area contributed by atoms with E-state index < -0.39 is 11.3 Å². The molecule has 13 heteroatoms. The Morgan fingerprint density at radius 3 is 2.36 bits per heavy atom. The first-order chi connectivity index (χ1) is 18.6. The van der Waals surface area contributed by atoms with Gasteiger partial charge in [-0.1, -0.05) is 0 Å². The Morgan fingerprint density at radius 2 is 1.72 bits per heavy atom. The summed E-state index contributed by atoms with van der Waals surface area (Å²) in [5.74, 6) is 0.243. The Labute approximate surface area is 222 Å². The van der Waals surface area contributed by atoms with Crippen molar-refractivity contribution < 1.29 is 32.3 Å². The number of aromatic nitrogens is 2. The summed E-state index contributed by atoms with van der Waals surface area (Å²) < 4.78 is 54.4. The molecule has 0 saturated carbocycles. The number of nitro groups is 1. The number of ether oxygens (including phenoxy) is 3. The number of hydrogen-bond donors (Lipinski definition) is 0. The van der Waals surface area contributed by atoms with Gasteiger partial charge in [-0.05, 0) is 66.3 Å². The van der Waals surface area contributed by atoms with Gasteiger partial charge in [0.05, 0.1) is 0 Å². The topological polar surface area (TPSA) is 95.1 Å². The second-order valence-electron chi connectivity index (χ2n) is 9.54. The molecule has 0 radical (unpaired) electrons. The SMILES string of the molecule is CN(c1ccc(OC(F)(F)F)cc1)C1CCN(c2ccc(OCC3CCn4cc([N+](=O)[O-])nc4O3)cc2)CC1. The highest BCUT2D eigenvalue weighted by Gasteiger charge is 2.31. The predicted octanol–water partition coefficient (Wildman–Crippen LogP) is 5.03. The van der Waals surface area contributed by atoms with Crippen LogP contribution in [0, 0.1) is 10.1 Å². The van der Waals surface area contributed by atoms with Gasteiger partial charge in [0, 0.05) is 55.5 Å². The van der Waals surface area contributed by atoms with Gasteiger partial charge in [0.1, 0.15) is 30.4 Å². The van der Waals surface area contributed by atoms with E-state index in [2.05, 4.69) is 19.5 Å². The number of imidazole rings is 1. The standard InChI is InChI=1S/C26H28F3N5O5/c1-31(18-2-8-22(9-3-18)39-26(27,28)29)19-10-13-32(14-11-19)20-4-6-21(7-5-20)37-17-23-12-15-33-16-24(34(35)36)30-25(33)38-23/h2-9,16,19,23H,10-15,17H2,1H3. The molecule has 1 saturated heterocycles. The Hall–Kier alpha value is -4.16. The molecule has 1 fully saturated rings. The van der Waals surface area contributed by atoms with Gasteiger partial charge >= 0.3 is 18.2 Å². The molecule has 0 N–H and O–H groups in total. The number of piperidine rings is 1. The molecule has 10 nitrogen and oxygen atoms in total. The second kappa shape index (κ2) is 10.9. The van der Waals surface area contributed by atoms with Crippen molar-refractivity contribution in [3.8, 4) is 17.5 Å². The predicted molar refractivity (Wildman–Crippen MR) is 137 cm³/mol. The summed E-state index contributed by atoms with van der Waals surface area (Å²) in [6, 6.07) is 14.3. The van der Waals surface area contributed by atoms with Gasteiger partial charge in [0.2, 0.25) is 0 Å². The lowest BCUT2D eigenvalue weighted by atomic mass is 10.0. The van der Waals surface area contributed by atoms with E-state index in [1.54, 1.807) is 16.7 Å². The van der Waals surface area contributed by atoms with E-state index in [0.717, 1.165) is 37.3 Å². The van der Waals surface area contributed by atoms with Crippen molar-refractivity contribution in [1.82, 2.24) is 9.55 Å².